The van der Waals surface area contributed by atoms with Crippen LogP contribution in [-0.4, -0.2) is 45.3 Å². The van der Waals surface area contributed by atoms with Crippen LogP contribution in [0.25, 0.3) is 0 Å². The fourth-order valence-corrected chi connectivity index (χ4v) is 4.06. The molecule has 0 radical (unpaired) electrons. The van der Waals surface area contributed by atoms with Crippen molar-refractivity contribution in [2.45, 2.75) is 18.3 Å². The van der Waals surface area contributed by atoms with Gasteiger partial charge in [0.1, 0.15) is 0 Å². The second-order valence-electron chi connectivity index (χ2n) is 6.45. The molecule has 1 aromatic rings. The number of benzene rings is 1. The lowest BCUT2D eigenvalue weighted by atomic mass is 9.61. The number of esters is 1. The minimum atomic E-state index is -1.09. The summed E-state index contributed by atoms with van der Waals surface area (Å²) in [5, 5.41) is 10.2. The van der Waals surface area contributed by atoms with Crippen molar-refractivity contribution >= 4 is 11.8 Å². The topological polar surface area (TPSA) is 91.3 Å². The van der Waals surface area contributed by atoms with E-state index in [4.69, 9.17) is 18.9 Å². The quantitative estimate of drug-likeness (QED) is 0.808. The summed E-state index contributed by atoms with van der Waals surface area (Å²) >= 11 is 0. The van der Waals surface area contributed by atoms with E-state index in [1.165, 1.54) is 40.6 Å². The summed E-state index contributed by atoms with van der Waals surface area (Å²) in [6, 6.07) is 1.83. The van der Waals surface area contributed by atoms with E-state index < -0.39 is 28.8 Å². The number of fused-ring (bicyclic) bond motifs is 2. The summed E-state index contributed by atoms with van der Waals surface area (Å²) in [4.78, 5) is 24.4. The Morgan fingerprint density at radius 3 is 2.41 bits per heavy atom. The number of allylic oxidation sites excluding steroid dienone is 3. The van der Waals surface area contributed by atoms with E-state index >= 15 is 0 Å². The lowest BCUT2D eigenvalue weighted by molar-refractivity contribution is -0.147. The van der Waals surface area contributed by atoms with Gasteiger partial charge in [-0.3, -0.25) is 9.59 Å². The Morgan fingerprint density at radius 1 is 1.15 bits per heavy atom. The van der Waals surface area contributed by atoms with Crippen LogP contribution in [0.4, 0.5) is 0 Å². The van der Waals surface area contributed by atoms with Crippen LogP contribution in [-0.2, 0) is 26.2 Å². The van der Waals surface area contributed by atoms with Gasteiger partial charge >= 0.3 is 5.97 Å². The summed E-state index contributed by atoms with van der Waals surface area (Å²) < 4.78 is 21.6. The number of carbonyl (C=O) groups excluding carboxylic acids is 2. The summed E-state index contributed by atoms with van der Waals surface area (Å²) in [6.07, 6.45) is 5.35. The van der Waals surface area contributed by atoms with Gasteiger partial charge in [-0.05, 0) is 36.6 Å². The number of ketones is 1. The third-order valence-corrected chi connectivity index (χ3v) is 5.25. The van der Waals surface area contributed by atoms with Crippen LogP contribution in [0, 0.1) is 5.92 Å². The van der Waals surface area contributed by atoms with Crippen molar-refractivity contribution in [1.82, 2.24) is 0 Å². The number of methoxy groups -OCH3 is 4. The van der Waals surface area contributed by atoms with Gasteiger partial charge in [0.2, 0.25) is 11.5 Å². The molecule has 7 heteroatoms. The Morgan fingerprint density at radius 2 is 1.85 bits per heavy atom. The van der Waals surface area contributed by atoms with Gasteiger partial charge in [-0.2, -0.15) is 0 Å². The van der Waals surface area contributed by atoms with E-state index in [1.54, 1.807) is 6.08 Å². The van der Waals surface area contributed by atoms with Gasteiger partial charge in [0.05, 0.1) is 39.8 Å². The lowest BCUT2D eigenvalue weighted by Crippen LogP contribution is -2.43. The van der Waals surface area contributed by atoms with Gasteiger partial charge in [-0.15, -0.1) is 0 Å². The third kappa shape index (κ3) is 2.74. The molecule has 0 saturated carbocycles. The molecule has 144 valence electrons. The van der Waals surface area contributed by atoms with Crippen LogP contribution in [0.3, 0.4) is 0 Å². The average Bonchev–Trinajstić information content (AvgIpc) is 2.69. The van der Waals surface area contributed by atoms with E-state index in [9.17, 15) is 14.7 Å². The van der Waals surface area contributed by atoms with Gasteiger partial charge in [-0.1, -0.05) is 6.08 Å². The molecule has 0 saturated heterocycles. The fraction of sp³-hybridized carbons (Fsp3) is 0.400. The van der Waals surface area contributed by atoms with E-state index in [1.807, 2.05) is 6.07 Å². The molecule has 1 spiro atoms. The van der Waals surface area contributed by atoms with E-state index in [0.29, 0.717) is 35.7 Å². The Hall–Kier alpha value is -2.96. The van der Waals surface area contributed by atoms with Crippen molar-refractivity contribution < 1.29 is 33.6 Å². The average molecular weight is 374 g/mol. The molecule has 1 N–H and O–H groups in total. The first-order valence-electron chi connectivity index (χ1n) is 8.49. The minimum Gasteiger partial charge on any atom is -0.504 e. The number of aliphatic hydroxyl groups excluding tert-OH is 1. The lowest BCUT2D eigenvalue weighted by Gasteiger charge is -2.42. The zero-order valence-corrected chi connectivity index (χ0v) is 15.7. The standard InChI is InChI=1S/C20H22O7/c1-24-15-9-11-5-6-12(19(23)27-4)20(8-7-13(21)14(22)10-20)16(11)18(26-3)17(15)25-2/h7-10,12,22H,5-6H2,1-4H3/t12-,20+/m1/s1. The molecule has 2 atom stereocenters. The highest BCUT2D eigenvalue weighted by atomic mass is 16.5. The van der Waals surface area contributed by atoms with Crippen molar-refractivity contribution in [3.8, 4) is 17.2 Å². The monoisotopic (exact) mass is 374 g/mol. The van der Waals surface area contributed by atoms with E-state index in [-0.39, 0.29) is 0 Å². The van der Waals surface area contributed by atoms with Crippen LogP contribution >= 0.6 is 0 Å². The highest BCUT2D eigenvalue weighted by Crippen LogP contribution is 2.55. The van der Waals surface area contributed by atoms with Gasteiger partial charge in [0, 0.05) is 5.56 Å². The van der Waals surface area contributed by atoms with Crippen LogP contribution in [0.15, 0.2) is 30.1 Å². The maximum atomic E-state index is 12.6. The molecule has 0 aromatic heterocycles. The number of hydrogen-bond donors (Lipinski definition) is 1. The van der Waals surface area contributed by atoms with Crippen molar-refractivity contribution in [1.29, 1.82) is 0 Å². The SMILES string of the molecule is COC(=O)[C@H]1CCc2cc(OC)c(OC)c(OC)c2[C@]12C=CC(=O)C(O)=C2. The molecule has 27 heavy (non-hydrogen) atoms. The first-order chi connectivity index (χ1) is 12.9. The molecule has 1 aromatic carbocycles. The van der Waals surface area contributed by atoms with Crippen molar-refractivity contribution in [3.63, 3.8) is 0 Å². The van der Waals surface area contributed by atoms with Crippen LogP contribution in [0.2, 0.25) is 0 Å². The Labute approximate surface area is 157 Å². The molecular formula is C20H22O7. The molecule has 3 rings (SSSR count). The molecule has 2 aliphatic rings. The summed E-state index contributed by atoms with van der Waals surface area (Å²) in [7, 11) is 5.84. The smallest absolute Gasteiger partial charge is 0.310 e. The number of hydrogen-bond acceptors (Lipinski definition) is 7. The second-order valence-corrected chi connectivity index (χ2v) is 6.45. The molecule has 0 unspecified atom stereocenters. The van der Waals surface area contributed by atoms with Gasteiger partial charge in [0.25, 0.3) is 0 Å². The van der Waals surface area contributed by atoms with Gasteiger partial charge < -0.3 is 24.1 Å². The van der Waals surface area contributed by atoms with Crippen molar-refractivity contribution in [3.05, 3.63) is 41.2 Å². The number of ether oxygens (including phenoxy) is 4. The predicted octanol–water partition coefficient (Wildman–Crippen LogP) is 2.27. The fourth-order valence-electron chi connectivity index (χ4n) is 4.06. The molecule has 2 aliphatic carbocycles. The second kappa shape index (κ2) is 6.98. The number of rotatable bonds is 4. The number of aliphatic hydroxyl groups is 1. The molecule has 7 nitrogen and oxygen atoms in total. The summed E-state index contributed by atoms with van der Waals surface area (Å²) in [6.45, 7) is 0. The summed E-state index contributed by atoms with van der Waals surface area (Å²) in [5.41, 5.74) is 0.441. The van der Waals surface area contributed by atoms with Crippen LogP contribution in [0.5, 0.6) is 17.2 Å². The minimum absolute atomic E-state index is 0.377. The maximum Gasteiger partial charge on any atom is 0.310 e. The van der Waals surface area contributed by atoms with Crippen LogP contribution in [0.1, 0.15) is 17.5 Å². The Balaban J connectivity index is 2.38. The van der Waals surface area contributed by atoms with E-state index in [2.05, 4.69) is 0 Å². The van der Waals surface area contributed by atoms with Crippen molar-refractivity contribution in [2.24, 2.45) is 5.92 Å². The highest BCUT2D eigenvalue weighted by Gasteiger charge is 2.50. The maximum absolute atomic E-state index is 12.6. The van der Waals surface area contributed by atoms with Gasteiger partial charge in [-0.25, -0.2) is 0 Å². The molecule has 0 amide bonds. The zero-order chi connectivity index (χ0) is 19.8. The predicted molar refractivity (Wildman–Crippen MR) is 96.5 cm³/mol. The number of carbonyl (C=O) groups is 2. The molecular weight excluding hydrogens is 352 g/mol. The highest BCUT2D eigenvalue weighted by molar-refractivity contribution is 6.04. The molecule has 0 aliphatic heterocycles. The molecule has 0 bridgehead atoms. The Bertz CT molecular complexity index is 852. The molecule has 0 heterocycles. The zero-order valence-electron chi connectivity index (χ0n) is 15.7. The van der Waals surface area contributed by atoms with E-state index in [0.717, 1.165) is 5.56 Å². The summed E-state index contributed by atoms with van der Waals surface area (Å²) in [5.74, 6) is -0.727. The first kappa shape index (κ1) is 18.8. The number of aryl methyl sites for hydroxylation is 1. The van der Waals surface area contributed by atoms with Crippen molar-refractivity contribution in [2.75, 3.05) is 28.4 Å². The largest absolute Gasteiger partial charge is 0.504 e. The Kier molecular flexibility index (Phi) is 4.87. The first-order valence-corrected chi connectivity index (χ1v) is 8.49. The van der Waals surface area contributed by atoms with Gasteiger partial charge in [0.15, 0.2) is 17.3 Å². The normalized spacial score (nSPS) is 23.5. The molecule has 0 fully saturated rings. The third-order valence-electron chi connectivity index (χ3n) is 5.25. The van der Waals surface area contributed by atoms with Crippen LogP contribution < -0.4 is 14.2 Å².